The van der Waals surface area contributed by atoms with Crippen molar-refractivity contribution in [3.05, 3.63) is 35.9 Å². The van der Waals surface area contributed by atoms with Crippen LogP contribution in [-0.2, 0) is 20.7 Å². The topological polar surface area (TPSA) is 83.8 Å². The Bertz CT molecular complexity index is 588. The van der Waals surface area contributed by atoms with Crippen LogP contribution in [0.4, 0.5) is 0 Å². The van der Waals surface area contributed by atoms with E-state index in [0.29, 0.717) is 6.42 Å². The van der Waals surface area contributed by atoms with Gasteiger partial charge in [-0.15, -0.1) is 0 Å². The van der Waals surface area contributed by atoms with Crippen molar-refractivity contribution in [2.45, 2.75) is 59.5 Å². The van der Waals surface area contributed by atoms with Gasteiger partial charge in [-0.1, -0.05) is 44.2 Å². The summed E-state index contributed by atoms with van der Waals surface area (Å²) in [4.78, 5) is 25.3. The Labute approximate surface area is 156 Å². The van der Waals surface area contributed by atoms with E-state index in [2.05, 4.69) is 0 Å². The SMILES string of the molecule is CC(C)C[C@@](Cc1ccccc1)(C(=O)O)[C@H](CCO)C(=O)OC(C)(C)C. The van der Waals surface area contributed by atoms with Crippen LogP contribution in [0.3, 0.4) is 0 Å². The first kappa shape index (κ1) is 22.2. The van der Waals surface area contributed by atoms with Crippen LogP contribution < -0.4 is 0 Å². The van der Waals surface area contributed by atoms with Gasteiger partial charge in [0.2, 0.25) is 0 Å². The van der Waals surface area contributed by atoms with Crippen LogP contribution in [0.15, 0.2) is 30.3 Å². The Morgan fingerprint density at radius 3 is 2.12 bits per heavy atom. The normalized spacial score (nSPS) is 15.3. The van der Waals surface area contributed by atoms with Crippen LogP contribution in [0, 0.1) is 17.3 Å². The highest BCUT2D eigenvalue weighted by Gasteiger charge is 2.50. The molecule has 0 heterocycles. The molecule has 0 spiro atoms. The summed E-state index contributed by atoms with van der Waals surface area (Å²) in [6.45, 7) is 8.86. The van der Waals surface area contributed by atoms with Gasteiger partial charge in [0.05, 0.1) is 11.3 Å². The Kier molecular flexibility index (Phi) is 7.82. The largest absolute Gasteiger partial charge is 0.481 e. The average molecular weight is 364 g/mol. The summed E-state index contributed by atoms with van der Waals surface area (Å²) in [5, 5.41) is 19.7. The highest BCUT2D eigenvalue weighted by Crippen LogP contribution is 2.42. The van der Waals surface area contributed by atoms with Crippen LogP contribution in [0.25, 0.3) is 0 Å². The van der Waals surface area contributed by atoms with Crippen molar-refractivity contribution in [3.8, 4) is 0 Å². The molecule has 2 N–H and O–H groups in total. The summed E-state index contributed by atoms with van der Waals surface area (Å²) in [7, 11) is 0. The van der Waals surface area contributed by atoms with Crippen LogP contribution in [0.2, 0.25) is 0 Å². The lowest BCUT2D eigenvalue weighted by Gasteiger charge is -2.38. The van der Waals surface area contributed by atoms with Gasteiger partial charge in [0.1, 0.15) is 5.60 Å². The molecule has 0 saturated carbocycles. The van der Waals surface area contributed by atoms with Crippen molar-refractivity contribution in [1.82, 2.24) is 0 Å². The number of benzene rings is 1. The van der Waals surface area contributed by atoms with E-state index in [0.717, 1.165) is 5.56 Å². The standard InChI is InChI=1S/C21H32O5/c1-15(2)13-21(19(24)25,14-16-9-7-6-8-10-16)17(11-12-22)18(23)26-20(3,4)5/h6-10,15,17,22H,11-14H2,1-5H3,(H,24,25)/t17-,21+/m1/s1. The summed E-state index contributed by atoms with van der Waals surface area (Å²) in [5.41, 5.74) is -1.21. The molecule has 0 bridgehead atoms. The molecular weight excluding hydrogens is 332 g/mol. The molecule has 1 rings (SSSR count). The molecule has 5 nitrogen and oxygen atoms in total. The quantitative estimate of drug-likeness (QED) is 0.653. The third-order valence-electron chi connectivity index (χ3n) is 4.34. The number of hydrogen-bond acceptors (Lipinski definition) is 4. The molecule has 0 aliphatic carbocycles. The molecule has 1 aromatic rings. The Morgan fingerprint density at radius 1 is 1.12 bits per heavy atom. The van der Waals surface area contributed by atoms with Gasteiger partial charge in [-0.05, 0) is 51.5 Å². The van der Waals surface area contributed by atoms with E-state index in [4.69, 9.17) is 4.74 Å². The first-order valence-electron chi connectivity index (χ1n) is 9.13. The minimum Gasteiger partial charge on any atom is -0.481 e. The minimum absolute atomic E-state index is 0.0563. The van der Waals surface area contributed by atoms with E-state index in [-0.39, 0.29) is 25.4 Å². The summed E-state index contributed by atoms with van der Waals surface area (Å²) in [6.07, 6.45) is 0.590. The average Bonchev–Trinajstić information content (AvgIpc) is 2.50. The molecule has 5 heteroatoms. The number of ether oxygens (including phenoxy) is 1. The zero-order chi connectivity index (χ0) is 20.0. The number of aliphatic hydroxyl groups is 1. The van der Waals surface area contributed by atoms with Gasteiger partial charge < -0.3 is 14.9 Å². The van der Waals surface area contributed by atoms with E-state index in [1.165, 1.54) is 0 Å². The lowest BCUT2D eigenvalue weighted by Crippen LogP contribution is -2.47. The van der Waals surface area contributed by atoms with Crippen LogP contribution in [0.1, 0.15) is 53.0 Å². The number of aliphatic hydroxyl groups excluding tert-OH is 1. The van der Waals surface area contributed by atoms with E-state index in [1.807, 2.05) is 44.2 Å². The summed E-state index contributed by atoms with van der Waals surface area (Å²) >= 11 is 0. The Balaban J connectivity index is 3.40. The number of rotatable bonds is 9. The second-order valence-electron chi connectivity index (χ2n) is 8.32. The second kappa shape index (κ2) is 9.17. The van der Waals surface area contributed by atoms with E-state index in [9.17, 15) is 19.8 Å². The fourth-order valence-corrected chi connectivity index (χ4v) is 3.46. The molecule has 2 atom stereocenters. The summed E-state index contributed by atoms with van der Waals surface area (Å²) < 4.78 is 5.51. The highest BCUT2D eigenvalue weighted by atomic mass is 16.6. The molecule has 0 amide bonds. The maximum Gasteiger partial charge on any atom is 0.310 e. The van der Waals surface area contributed by atoms with Crippen molar-refractivity contribution >= 4 is 11.9 Å². The molecule has 0 aromatic heterocycles. The highest BCUT2D eigenvalue weighted by molar-refractivity contribution is 5.85. The monoisotopic (exact) mass is 364 g/mol. The lowest BCUT2D eigenvalue weighted by atomic mass is 9.65. The molecular formula is C21H32O5. The lowest BCUT2D eigenvalue weighted by molar-refractivity contribution is -0.175. The molecule has 0 unspecified atom stereocenters. The van der Waals surface area contributed by atoms with Gasteiger partial charge in [0.15, 0.2) is 0 Å². The van der Waals surface area contributed by atoms with E-state index >= 15 is 0 Å². The third-order valence-corrected chi connectivity index (χ3v) is 4.34. The van der Waals surface area contributed by atoms with Crippen molar-refractivity contribution in [1.29, 1.82) is 0 Å². The van der Waals surface area contributed by atoms with Gasteiger partial charge in [-0.2, -0.15) is 0 Å². The molecule has 146 valence electrons. The van der Waals surface area contributed by atoms with Crippen molar-refractivity contribution in [2.24, 2.45) is 17.3 Å². The minimum atomic E-state index is -1.33. The number of carboxylic acids is 1. The summed E-state index contributed by atoms with van der Waals surface area (Å²) in [5.74, 6) is -2.45. The molecule has 26 heavy (non-hydrogen) atoms. The van der Waals surface area contributed by atoms with Gasteiger partial charge in [0, 0.05) is 6.61 Å². The second-order valence-corrected chi connectivity index (χ2v) is 8.32. The van der Waals surface area contributed by atoms with Gasteiger partial charge in [-0.3, -0.25) is 9.59 Å². The first-order valence-corrected chi connectivity index (χ1v) is 9.13. The van der Waals surface area contributed by atoms with E-state index in [1.54, 1.807) is 20.8 Å². The number of carbonyl (C=O) groups is 2. The molecule has 1 aromatic carbocycles. The molecule has 0 fully saturated rings. The molecule has 0 aliphatic heterocycles. The van der Waals surface area contributed by atoms with Gasteiger partial charge >= 0.3 is 11.9 Å². The number of carbonyl (C=O) groups excluding carboxylic acids is 1. The molecule has 0 radical (unpaired) electrons. The maximum absolute atomic E-state index is 12.9. The first-order chi connectivity index (χ1) is 12.0. The molecule has 0 saturated heterocycles. The zero-order valence-corrected chi connectivity index (χ0v) is 16.5. The van der Waals surface area contributed by atoms with Crippen LogP contribution in [-0.4, -0.2) is 34.4 Å². The number of hydrogen-bond donors (Lipinski definition) is 2. The summed E-state index contributed by atoms with van der Waals surface area (Å²) in [6, 6.07) is 9.30. The Morgan fingerprint density at radius 2 is 1.69 bits per heavy atom. The molecule has 0 aliphatic rings. The maximum atomic E-state index is 12.9. The number of aliphatic carboxylic acids is 1. The van der Waals surface area contributed by atoms with Crippen molar-refractivity contribution in [2.75, 3.05) is 6.61 Å². The van der Waals surface area contributed by atoms with Gasteiger partial charge in [-0.25, -0.2) is 0 Å². The predicted molar refractivity (Wildman–Crippen MR) is 101 cm³/mol. The number of carboxylic acid groups (broad SMARTS) is 1. The van der Waals surface area contributed by atoms with Crippen LogP contribution >= 0.6 is 0 Å². The fraction of sp³-hybridized carbons (Fsp3) is 0.619. The third kappa shape index (κ3) is 6.13. The van der Waals surface area contributed by atoms with Crippen LogP contribution in [0.5, 0.6) is 0 Å². The van der Waals surface area contributed by atoms with Crippen molar-refractivity contribution < 1.29 is 24.5 Å². The Hall–Kier alpha value is -1.88. The fourth-order valence-electron chi connectivity index (χ4n) is 3.46. The smallest absolute Gasteiger partial charge is 0.310 e. The van der Waals surface area contributed by atoms with Crippen molar-refractivity contribution in [3.63, 3.8) is 0 Å². The van der Waals surface area contributed by atoms with E-state index < -0.39 is 28.9 Å². The predicted octanol–water partition coefficient (Wildman–Crippen LogP) is 3.69. The zero-order valence-electron chi connectivity index (χ0n) is 16.5. The van der Waals surface area contributed by atoms with Gasteiger partial charge in [0.25, 0.3) is 0 Å². The number of esters is 1.